The van der Waals surface area contributed by atoms with Crippen LogP contribution in [-0.2, 0) is 11.3 Å². The number of hydrogen-bond acceptors (Lipinski definition) is 4. The minimum absolute atomic E-state index is 0.107. The normalized spacial score (nSPS) is 20.9. The fourth-order valence-electron chi connectivity index (χ4n) is 2.77. The molecule has 1 aliphatic heterocycles. The molecule has 1 saturated heterocycles. The number of methoxy groups -OCH3 is 1. The molecule has 112 valence electrons. The molecule has 1 aromatic heterocycles. The van der Waals surface area contributed by atoms with E-state index in [0.717, 1.165) is 25.3 Å². The lowest BCUT2D eigenvalue weighted by Crippen LogP contribution is -2.33. The quantitative estimate of drug-likeness (QED) is 0.893. The summed E-state index contributed by atoms with van der Waals surface area (Å²) in [6, 6.07) is 0.447. The number of ether oxygens (including phenoxy) is 1. The van der Waals surface area contributed by atoms with Crippen LogP contribution in [0.3, 0.4) is 0 Å². The Balaban J connectivity index is 2.07. The van der Waals surface area contributed by atoms with Gasteiger partial charge in [0.2, 0.25) is 0 Å². The van der Waals surface area contributed by atoms with Crippen LogP contribution in [-0.4, -0.2) is 47.3 Å². The van der Waals surface area contributed by atoms with E-state index in [1.165, 1.54) is 20.0 Å². The van der Waals surface area contributed by atoms with Gasteiger partial charge < -0.3 is 19.5 Å². The molecule has 2 atom stereocenters. The van der Waals surface area contributed by atoms with Crippen molar-refractivity contribution in [2.45, 2.75) is 44.8 Å². The second kappa shape index (κ2) is 6.74. The second-order valence-corrected chi connectivity index (χ2v) is 5.31. The minimum Gasteiger partial charge on any atom is -0.453 e. The van der Waals surface area contributed by atoms with Crippen LogP contribution >= 0.6 is 0 Å². The molecule has 0 aromatic carbocycles. The van der Waals surface area contributed by atoms with E-state index >= 15 is 0 Å². The third kappa shape index (κ3) is 3.30. The number of likely N-dealkylation sites (N-methyl/N-ethyl adjacent to an activating group) is 1. The molecule has 1 aromatic rings. The maximum atomic E-state index is 11.4. The number of nitrogens with zero attached hydrogens (tertiary/aromatic N) is 3. The number of alkyl carbamates (subject to hydrolysis) is 1. The average molecular weight is 280 g/mol. The Morgan fingerprint density at radius 1 is 1.65 bits per heavy atom. The fourth-order valence-corrected chi connectivity index (χ4v) is 2.77. The summed E-state index contributed by atoms with van der Waals surface area (Å²) in [5.41, 5.74) is 0. The van der Waals surface area contributed by atoms with Gasteiger partial charge in [0.15, 0.2) is 0 Å². The number of amides is 1. The van der Waals surface area contributed by atoms with Gasteiger partial charge in [0, 0.05) is 25.0 Å². The molecule has 1 N–H and O–H groups in total. The topological polar surface area (TPSA) is 59.4 Å². The monoisotopic (exact) mass is 280 g/mol. The van der Waals surface area contributed by atoms with Gasteiger partial charge in [-0.05, 0) is 32.9 Å². The van der Waals surface area contributed by atoms with Gasteiger partial charge in [-0.1, -0.05) is 6.92 Å². The van der Waals surface area contributed by atoms with E-state index in [4.69, 9.17) is 0 Å². The summed E-state index contributed by atoms with van der Waals surface area (Å²) in [6.07, 6.45) is 6.63. The number of aromatic nitrogens is 2. The van der Waals surface area contributed by atoms with Crippen molar-refractivity contribution in [3.05, 3.63) is 18.2 Å². The lowest BCUT2D eigenvalue weighted by Gasteiger charge is -2.23. The Kier molecular flexibility index (Phi) is 5.00. The first-order valence-corrected chi connectivity index (χ1v) is 7.21. The predicted molar refractivity (Wildman–Crippen MR) is 76.5 cm³/mol. The van der Waals surface area contributed by atoms with E-state index in [0.29, 0.717) is 6.04 Å². The summed E-state index contributed by atoms with van der Waals surface area (Å²) >= 11 is 0. The zero-order chi connectivity index (χ0) is 14.5. The Hall–Kier alpha value is -1.56. The first kappa shape index (κ1) is 14.8. The predicted octanol–water partition coefficient (Wildman–Crippen LogP) is 1.78. The van der Waals surface area contributed by atoms with Crippen LogP contribution in [0.2, 0.25) is 0 Å². The highest BCUT2D eigenvalue weighted by atomic mass is 16.5. The van der Waals surface area contributed by atoms with Gasteiger partial charge in [-0.15, -0.1) is 0 Å². The molecule has 0 saturated carbocycles. The molecular formula is C14H24N4O2. The van der Waals surface area contributed by atoms with Crippen LogP contribution in [0.4, 0.5) is 4.79 Å². The maximum absolute atomic E-state index is 11.4. The summed E-state index contributed by atoms with van der Waals surface area (Å²) in [5, 5.41) is 2.84. The number of rotatable bonds is 5. The zero-order valence-electron chi connectivity index (χ0n) is 12.5. The van der Waals surface area contributed by atoms with Crippen LogP contribution in [0, 0.1) is 0 Å². The van der Waals surface area contributed by atoms with Crippen molar-refractivity contribution in [2.75, 3.05) is 20.7 Å². The van der Waals surface area contributed by atoms with Gasteiger partial charge in [0.05, 0.1) is 13.2 Å². The van der Waals surface area contributed by atoms with Crippen molar-refractivity contribution in [1.82, 2.24) is 19.8 Å². The molecule has 0 spiro atoms. The van der Waals surface area contributed by atoms with Crippen molar-refractivity contribution in [2.24, 2.45) is 0 Å². The molecule has 1 aliphatic rings. The molecular weight excluding hydrogens is 256 g/mol. The van der Waals surface area contributed by atoms with E-state index in [-0.39, 0.29) is 6.04 Å². The van der Waals surface area contributed by atoms with Crippen molar-refractivity contribution < 1.29 is 9.53 Å². The molecule has 0 bridgehead atoms. The van der Waals surface area contributed by atoms with Crippen molar-refractivity contribution in [1.29, 1.82) is 0 Å². The van der Waals surface area contributed by atoms with E-state index < -0.39 is 6.09 Å². The van der Waals surface area contributed by atoms with Gasteiger partial charge in [-0.3, -0.25) is 0 Å². The molecule has 6 nitrogen and oxygen atoms in total. The SMILES string of the molecule is CCC(NC(=O)OC)c1nccn1C[C@H]1CCCN1C. The van der Waals surface area contributed by atoms with Crippen LogP contribution in [0.1, 0.15) is 38.1 Å². The van der Waals surface area contributed by atoms with Crippen LogP contribution < -0.4 is 5.32 Å². The molecule has 1 fully saturated rings. The molecule has 0 aliphatic carbocycles. The number of imidazole rings is 1. The maximum Gasteiger partial charge on any atom is 0.407 e. The standard InChI is InChI=1S/C14H24N4O2/c1-4-12(16-14(19)20-3)13-15-7-9-18(13)10-11-6-5-8-17(11)2/h7,9,11-12H,4-6,8,10H2,1-3H3,(H,16,19)/t11-,12?/m1/s1. The number of hydrogen-bond donors (Lipinski definition) is 1. The summed E-state index contributed by atoms with van der Waals surface area (Å²) < 4.78 is 6.83. The first-order valence-electron chi connectivity index (χ1n) is 7.21. The minimum atomic E-state index is -0.413. The molecule has 20 heavy (non-hydrogen) atoms. The van der Waals surface area contributed by atoms with Gasteiger partial charge in [0.1, 0.15) is 5.82 Å². The number of carbonyl (C=O) groups is 1. The first-order chi connectivity index (χ1) is 9.65. The summed E-state index contributed by atoms with van der Waals surface area (Å²) in [4.78, 5) is 18.2. The van der Waals surface area contributed by atoms with E-state index in [1.54, 1.807) is 6.20 Å². The lowest BCUT2D eigenvalue weighted by atomic mass is 10.2. The van der Waals surface area contributed by atoms with E-state index in [2.05, 4.69) is 31.6 Å². The molecule has 1 unspecified atom stereocenters. The van der Waals surface area contributed by atoms with Crippen LogP contribution in [0.5, 0.6) is 0 Å². The third-order valence-corrected chi connectivity index (χ3v) is 4.02. The van der Waals surface area contributed by atoms with Crippen molar-refractivity contribution in [3.63, 3.8) is 0 Å². The van der Waals surface area contributed by atoms with Gasteiger partial charge >= 0.3 is 6.09 Å². The van der Waals surface area contributed by atoms with Crippen LogP contribution in [0.25, 0.3) is 0 Å². The Bertz CT molecular complexity index is 446. The van der Waals surface area contributed by atoms with Crippen LogP contribution in [0.15, 0.2) is 12.4 Å². The zero-order valence-corrected chi connectivity index (χ0v) is 12.5. The Morgan fingerprint density at radius 3 is 3.05 bits per heavy atom. The summed E-state index contributed by atoms with van der Waals surface area (Å²) in [5.74, 6) is 0.901. The van der Waals surface area contributed by atoms with Gasteiger partial charge in [-0.2, -0.15) is 0 Å². The largest absolute Gasteiger partial charge is 0.453 e. The molecule has 6 heteroatoms. The summed E-state index contributed by atoms with van der Waals surface area (Å²) in [6.45, 7) is 4.11. The van der Waals surface area contributed by atoms with E-state index in [1.807, 2.05) is 13.1 Å². The van der Waals surface area contributed by atoms with Gasteiger partial charge in [-0.25, -0.2) is 9.78 Å². The van der Waals surface area contributed by atoms with E-state index in [9.17, 15) is 4.79 Å². The average Bonchev–Trinajstić information content (AvgIpc) is 3.06. The molecule has 1 amide bonds. The highest BCUT2D eigenvalue weighted by Crippen LogP contribution is 2.20. The van der Waals surface area contributed by atoms with Crippen molar-refractivity contribution >= 4 is 6.09 Å². The number of carbonyl (C=O) groups excluding carboxylic acids is 1. The molecule has 2 rings (SSSR count). The molecule has 0 radical (unpaired) electrons. The smallest absolute Gasteiger partial charge is 0.407 e. The highest BCUT2D eigenvalue weighted by Gasteiger charge is 2.24. The Labute approximate surface area is 120 Å². The second-order valence-electron chi connectivity index (χ2n) is 5.31. The Morgan fingerprint density at radius 2 is 2.45 bits per heavy atom. The molecule has 2 heterocycles. The fraction of sp³-hybridized carbons (Fsp3) is 0.714. The number of nitrogens with one attached hydrogen (secondary N) is 1. The lowest BCUT2D eigenvalue weighted by molar-refractivity contribution is 0.165. The summed E-state index contributed by atoms with van der Waals surface area (Å²) in [7, 11) is 3.54. The highest BCUT2D eigenvalue weighted by molar-refractivity contribution is 5.67. The van der Waals surface area contributed by atoms with Crippen molar-refractivity contribution in [3.8, 4) is 0 Å². The van der Waals surface area contributed by atoms with Gasteiger partial charge in [0.25, 0.3) is 0 Å². The third-order valence-electron chi connectivity index (χ3n) is 4.02. The number of likely N-dealkylation sites (tertiary alicyclic amines) is 1.